The predicted octanol–water partition coefficient (Wildman–Crippen LogP) is 4.68. The second kappa shape index (κ2) is 9.99. The molecular formula is C22H28F2N4. The van der Waals surface area contributed by atoms with Crippen LogP contribution in [-0.2, 0) is 0 Å². The zero-order valence-electron chi connectivity index (χ0n) is 16.7. The van der Waals surface area contributed by atoms with Gasteiger partial charge in [-0.15, -0.1) is 0 Å². The van der Waals surface area contributed by atoms with Crippen molar-refractivity contribution in [1.82, 2.24) is 5.32 Å². The monoisotopic (exact) mass is 386 g/mol. The molecular weight excluding hydrogens is 358 g/mol. The molecule has 2 aromatic rings. The van der Waals surface area contributed by atoms with Crippen molar-refractivity contribution in [2.45, 2.75) is 32.7 Å². The van der Waals surface area contributed by atoms with Crippen molar-refractivity contribution in [2.24, 2.45) is 10.9 Å². The minimum Gasteiger partial charge on any atom is -0.382 e. The highest BCUT2D eigenvalue weighted by Gasteiger charge is 2.21. The number of nitrogens with two attached hydrogens (primary N) is 1. The van der Waals surface area contributed by atoms with E-state index in [2.05, 4.69) is 29.2 Å². The Morgan fingerprint density at radius 2 is 2.04 bits per heavy atom. The van der Waals surface area contributed by atoms with Crippen molar-refractivity contribution < 1.29 is 8.78 Å². The normalized spacial score (nSPS) is 12.3. The second-order valence-electron chi connectivity index (χ2n) is 6.67. The fourth-order valence-corrected chi connectivity index (χ4v) is 3.31. The lowest BCUT2D eigenvalue weighted by atomic mass is 9.93. The van der Waals surface area contributed by atoms with Crippen molar-refractivity contribution in [3.63, 3.8) is 0 Å². The molecule has 6 heteroatoms. The first-order valence-electron chi connectivity index (χ1n) is 9.37. The lowest BCUT2D eigenvalue weighted by Crippen LogP contribution is -2.24. The van der Waals surface area contributed by atoms with Gasteiger partial charge in [0, 0.05) is 34.0 Å². The van der Waals surface area contributed by atoms with Crippen LogP contribution in [0.1, 0.15) is 36.5 Å². The largest absolute Gasteiger partial charge is 0.382 e. The third kappa shape index (κ3) is 4.57. The molecule has 0 aromatic heterocycles. The van der Waals surface area contributed by atoms with Gasteiger partial charge in [-0.05, 0) is 51.1 Å². The number of nitrogens with one attached hydrogen (secondary N) is 2. The van der Waals surface area contributed by atoms with E-state index < -0.39 is 11.6 Å². The minimum absolute atomic E-state index is 0.161. The first-order valence-corrected chi connectivity index (χ1v) is 9.37. The fourth-order valence-electron chi connectivity index (χ4n) is 3.31. The smallest absolute Gasteiger partial charge is 0.140 e. The molecule has 2 aromatic carbocycles. The van der Waals surface area contributed by atoms with Crippen LogP contribution in [0.2, 0.25) is 0 Å². The van der Waals surface area contributed by atoms with E-state index in [-0.39, 0.29) is 22.7 Å². The van der Waals surface area contributed by atoms with Gasteiger partial charge in [0.2, 0.25) is 0 Å². The van der Waals surface area contributed by atoms with Gasteiger partial charge in [0.15, 0.2) is 0 Å². The maximum atomic E-state index is 15.4. The van der Waals surface area contributed by atoms with Crippen molar-refractivity contribution in [1.29, 1.82) is 0 Å². The van der Waals surface area contributed by atoms with Crippen molar-refractivity contribution >= 4 is 18.0 Å². The summed E-state index contributed by atoms with van der Waals surface area (Å²) in [6.07, 6.45) is 4.57. The lowest BCUT2D eigenvalue weighted by molar-refractivity contribution is 0.602. The molecule has 0 amide bonds. The predicted molar refractivity (Wildman–Crippen MR) is 115 cm³/mol. The zero-order chi connectivity index (χ0) is 20.7. The summed E-state index contributed by atoms with van der Waals surface area (Å²) in [4.78, 5) is 0. The van der Waals surface area contributed by atoms with Gasteiger partial charge < -0.3 is 16.5 Å². The molecule has 2 rings (SSSR count). The highest BCUT2D eigenvalue weighted by atomic mass is 19.1. The van der Waals surface area contributed by atoms with Crippen molar-refractivity contribution in [2.75, 3.05) is 18.9 Å². The van der Waals surface area contributed by atoms with Crippen LogP contribution in [0.5, 0.6) is 0 Å². The second-order valence-corrected chi connectivity index (χ2v) is 6.67. The maximum absolute atomic E-state index is 15.4. The Labute approximate surface area is 165 Å². The van der Waals surface area contributed by atoms with Crippen LogP contribution in [0.15, 0.2) is 35.9 Å². The molecule has 0 saturated heterocycles. The van der Waals surface area contributed by atoms with Gasteiger partial charge in [0.1, 0.15) is 11.6 Å². The Bertz CT molecular complexity index is 842. The first kappa shape index (κ1) is 21.6. The van der Waals surface area contributed by atoms with Crippen LogP contribution in [0.4, 0.5) is 14.5 Å². The Morgan fingerprint density at radius 1 is 1.29 bits per heavy atom. The number of hydrogen-bond acceptors (Lipinski definition) is 4. The van der Waals surface area contributed by atoms with Crippen LogP contribution < -0.4 is 16.5 Å². The molecule has 28 heavy (non-hydrogen) atoms. The van der Waals surface area contributed by atoms with E-state index in [4.69, 9.17) is 5.84 Å². The molecule has 0 aliphatic carbocycles. The van der Waals surface area contributed by atoms with Gasteiger partial charge in [-0.1, -0.05) is 31.7 Å². The van der Waals surface area contributed by atoms with E-state index in [9.17, 15) is 4.39 Å². The zero-order valence-corrected chi connectivity index (χ0v) is 16.7. The summed E-state index contributed by atoms with van der Waals surface area (Å²) >= 11 is 0. The summed E-state index contributed by atoms with van der Waals surface area (Å²) in [7, 11) is 1.90. The highest BCUT2D eigenvalue weighted by Crippen LogP contribution is 2.36. The maximum Gasteiger partial charge on any atom is 0.140 e. The quantitative estimate of drug-likeness (QED) is 0.333. The van der Waals surface area contributed by atoms with Crippen LogP contribution >= 0.6 is 0 Å². The molecule has 0 fully saturated rings. The summed E-state index contributed by atoms with van der Waals surface area (Å²) in [6, 6.07) is 6.50. The van der Waals surface area contributed by atoms with Crippen LogP contribution in [-0.4, -0.2) is 25.8 Å². The van der Waals surface area contributed by atoms with Crippen LogP contribution in [0, 0.1) is 18.6 Å². The molecule has 4 N–H and O–H groups in total. The number of halogens is 2. The molecule has 4 nitrogen and oxygen atoms in total. The topological polar surface area (TPSA) is 62.4 Å². The molecule has 0 radical (unpaired) electrons. The standard InChI is InChI=1S/C22H28F2N4/c1-5-15(10-11-26-4)28-20-12-17(21-14(3)8-7-9-19(21)23)22(24)18(13-27-25)16(20)6-2/h6-9,12-13,15,26,28H,2,5,10-11,25H2,1,3-4H3/b27-13-. The molecule has 0 spiro atoms. The van der Waals surface area contributed by atoms with Crippen molar-refractivity contribution in [3.8, 4) is 11.1 Å². The van der Waals surface area contributed by atoms with Gasteiger partial charge in [0.25, 0.3) is 0 Å². The summed E-state index contributed by atoms with van der Waals surface area (Å²) in [6.45, 7) is 8.49. The van der Waals surface area contributed by atoms with Gasteiger partial charge in [-0.2, -0.15) is 5.10 Å². The van der Waals surface area contributed by atoms with E-state index in [1.807, 2.05) is 7.05 Å². The molecule has 0 aliphatic heterocycles. The van der Waals surface area contributed by atoms with Gasteiger partial charge in [-0.25, -0.2) is 8.78 Å². The third-order valence-electron chi connectivity index (χ3n) is 4.84. The average Bonchev–Trinajstić information content (AvgIpc) is 2.68. The summed E-state index contributed by atoms with van der Waals surface area (Å²) in [5, 5.41) is 10.1. The van der Waals surface area contributed by atoms with E-state index in [1.165, 1.54) is 12.3 Å². The third-order valence-corrected chi connectivity index (χ3v) is 4.84. The molecule has 0 bridgehead atoms. The summed E-state index contributed by atoms with van der Waals surface area (Å²) in [5.41, 5.74) is 2.45. The molecule has 0 aliphatic rings. The van der Waals surface area contributed by atoms with Crippen molar-refractivity contribution in [3.05, 3.63) is 59.2 Å². The minimum atomic E-state index is -0.578. The van der Waals surface area contributed by atoms with Crippen LogP contribution in [0.25, 0.3) is 17.2 Å². The Hall–Kier alpha value is -2.73. The number of rotatable bonds is 9. The fraction of sp³-hybridized carbons (Fsp3) is 0.318. The summed E-state index contributed by atoms with van der Waals surface area (Å²) in [5.74, 6) is 4.26. The van der Waals surface area contributed by atoms with Gasteiger partial charge in [0.05, 0.1) is 6.21 Å². The molecule has 0 heterocycles. The van der Waals surface area contributed by atoms with Gasteiger partial charge in [-0.3, -0.25) is 0 Å². The van der Waals surface area contributed by atoms with Gasteiger partial charge >= 0.3 is 0 Å². The lowest BCUT2D eigenvalue weighted by Gasteiger charge is -2.22. The highest BCUT2D eigenvalue weighted by molar-refractivity contribution is 5.93. The number of aryl methyl sites for hydroxylation is 1. The van der Waals surface area contributed by atoms with E-state index >= 15 is 4.39 Å². The molecule has 1 unspecified atom stereocenters. The molecule has 1 atom stereocenters. The van der Waals surface area contributed by atoms with Crippen LogP contribution in [0.3, 0.4) is 0 Å². The first-order chi connectivity index (χ1) is 13.5. The number of hydrazone groups is 1. The summed E-state index contributed by atoms with van der Waals surface area (Å²) < 4.78 is 29.9. The number of nitrogens with zero attached hydrogens (tertiary/aromatic N) is 1. The number of hydrogen-bond donors (Lipinski definition) is 3. The Kier molecular flexibility index (Phi) is 7.70. The van der Waals surface area contributed by atoms with E-state index in [1.54, 1.807) is 31.2 Å². The molecule has 150 valence electrons. The molecule has 0 saturated carbocycles. The Balaban J connectivity index is 2.70. The number of anilines is 1. The Morgan fingerprint density at radius 3 is 2.61 bits per heavy atom. The van der Waals surface area contributed by atoms with E-state index in [0.29, 0.717) is 16.8 Å². The average molecular weight is 386 g/mol. The SMILES string of the molecule is C=Cc1c(NC(CC)CCNC)cc(-c2c(C)cccc2F)c(F)c1/C=N\N. The van der Waals surface area contributed by atoms with E-state index in [0.717, 1.165) is 19.4 Å². The number of benzene rings is 2.